The second-order valence-electron chi connectivity index (χ2n) is 6.18. The molecule has 2 amide bonds. The van der Waals surface area contributed by atoms with Gasteiger partial charge in [0.1, 0.15) is 5.75 Å². The predicted octanol–water partition coefficient (Wildman–Crippen LogP) is 5.17. The van der Waals surface area contributed by atoms with E-state index in [-0.39, 0.29) is 24.3 Å². The fourth-order valence-corrected chi connectivity index (χ4v) is 3.77. The van der Waals surface area contributed by atoms with Crippen LogP contribution in [0.15, 0.2) is 47.4 Å². The first-order valence-electron chi connectivity index (χ1n) is 8.95. The third-order valence-electron chi connectivity index (χ3n) is 4.04. The topological polar surface area (TPSA) is 72.9 Å². The fourth-order valence-electron chi connectivity index (χ4n) is 2.61. The summed E-state index contributed by atoms with van der Waals surface area (Å²) in [5, 5.41) is 0.415. The summed E-state index contributed by atoms with van der Waals surface area (Å²) in [7, 11) is 0. The molecule has 0 atom stereocenters. The van der Waals surface area contributed by atoms with Gasteiger partial charge in [-0.25, -0.2) is 4.79 Å². The highest BCUT2D eigenvalue weighted by molar-refractivity contribution is 8.18. The van der Waals surface area contributed by atoms with Gasteiger partial charge in [-0.3, -0.25) is 14.5 Å². The molecule has 0 bridgehead atoms. The molecule has 0 spiro atoms. The molecular weight excluding hydrogens is 449 g/mol. The standard InChI is InChI=1S/C21H17Cl2NO5S/c1-2-28-19(25)12-29-15-6-3-13(4-7-15)10-18-20(26)24(21(27)30-18)11-14-5-8-16(22)17(23)9-14/h3-10H,2,11-12H2,1H3/b18-10-. The van der Waals surface area contributed by atoms with Crippen molar-refractivity contribution in [2.75, 3.05) is 13.2 Å². The summed E-state index contributed by atoms with van der Waals surface area (Å²) in [5.41, 5.74) is 1.43. The summed E-state index contributed by atoms with van der Waals surface area (Å²) < 4.78 is 10.1. The molecule has 156 valence electrons. The zero-order valence-electron chi connectivity index (χ0n) is 15.9. The highest BCUT2D eigenvalue weighted by atomic mass is 35.5. The number of rotatable bonds is 7. The van der Waals surface area contributed by atoms with Crippen LogP contribution in [-0.4, -0.2) is 35.2 Å². The van der Waals surface area contributed by atoms with Crippen LogP contribution in [0.25, 0.3) is 6.08 Å². The van der Waals surface area contributed by atoms with Crippen molar-refractivity contribution in [3.63, 3.8) is 0 Å². The Morgan fingerprint density at radius 3 is 2.50 bits per heavy atom. The molecule has 1 saturated heterocycles. The van der Waals surface area contributed by atoms with E-state index < -0.39 is 5.97 Å². The Morgan fingerprint density at radius 2 is 1.83 bits per heavy atom. The Hall–Kier alpha value is -2.48. The van der Waals surface area contributed by atoms with Gasteiger partial charge in [-0.1, -0.05) is 41.4 Å². The Labute approximate surface area is 187 Å². The molecule has 0 aliphatic carbocycles. The molecule has 3 rings (SSSR count). The molecule has 30 heavy (non-hydrogen) atoms. The minimum atomic E-state index is -0.447. The number of hydrogen-bond acceptors (Lipinski definition) is 6. The van der Waals surface area contributed by atoms with E-state index >= 15 is 0 Å². The van der Waals surface area contributed by atoms with Gasteiger partial charge in [0.2, 0.25) is 0 Å². The number of thioether (sulfide) groups is 1. The van der Waals surface area contributed by atoms with Crippen LogP contribution in [0.4, 0.5) is 4.79 Å². The molecule has 1 aliphatic rings. The van der Waals surface area contributed by atoms with Gasteiger partial charge in [0.05, 0.1) is 28.1 Å². The van der Waals surface area contributed by atoms with E-state index in [9.17, 15) is 14.4 Å². The maximum absolute atomic E-state index is 12.7. The quantitative estimate of drug-likeness (QED) is 0.414. The van der Waals surface area contributed by atoms with Gasteiger partial charge >= 0.3 is 5.97 Å². The molecule has 2 aromatic rings. The number of amides is 2. The van der Waals surface area contributed by atoms with E-state index in [1.54, 1.807) is 55.5 Å². The lowest BCUT2D eigenvalue weighted by molar-refractivity contribution is -0.145. The first kappa shape index (κ1) is 22.2. The Morgan fingerprint density at radius 1 is 1.10 bits per heavy atom. The molecule has 1 fully saturated rings. The molecule has 2 aromatic carbocycles. The molecule has 1 aliphatic heterocycles. The Balaban J connectivity index is 1.66. The number of carbonyl (C=O) groups excluding carboxylic acids is 3. The highest BCUT2D eigenvalue weighted by Crippen LogP contribution is 2.34. The van der Waals surface area contributed by atoms with Crippen molar-refractivity contribution in [2.45, 2.75) is 13.5 Å². The van der Waals surface area contributed by atoms with Crippen molar-refractivity contribution in [3.8, 4) is 5.75 Å². The molecule has 0 radical (unpaired) electrons. The number of imide groups is 1. The normalized spacial score (nSPS) is 15.0. The van der Waals surface area contributed by atoms with Crippen molar-refractivity contribution in [1.82, 2.24) is 4.90 Å². The van der Waals surface area contributed by atoms with E-state index in [0.717, 1.165) is 22.2 Å². The lowest BCUT2D eigenvalue weighted by Gasteiger charge is -2.12. The average Bonchev–Trinajstić information content (AvgIpc) is 2.98. The predicted molar refractivity (Wildman–Crippen MR) is 117 cm³/mol. The van der Waals surface area contributed by atoms with Crippen molar-refractivity contribution < 1.29 is 23.9 Å². The maximum atomic E-state index is 12.7. The summed E-state index contributed by atoms with van der Waals surface area (Å²) in [5.74, 6) is -0.330. The number of hydrogen-bond donors (Lipinski definition) is 0. The van der Waals surface area contributed by atoms with Crippen molar-refractivity contribution in [2.24, 2.45) is 0 Å². The van der Waals surface area contributed by atoms with E-state index in [4.69, 9.17) is 32.7 Å². The van der Waals surface area contributed by atoms with E-state index in [1.165, 1.54) is 0 Å². The number of carbonyl (C=O) groups is 3. The van der Waals surface area contributed by atoms with Crippen LogP contribution in [0.2, 0.25) is 10.0 Å². The van der Waals surface area contributed by atoms with Gasteiger partial charge in [-0.05, 0) is 60.2 Å². The highest BCUT2D eigenvalue weighted by Gasteiger charge is 2.35. The first-order valence-corrected chi connectivity index (χ1v) is 10.5. The zero-order valence-corrected chi connectivity index (χ0v) is 18.2. The van der Waals surface area contributed by atoms with Gasteiger partial charge in [-0.15, -0.1) is 0 Å². The number of esters is 1. The summed E-state index contributed by atoms with van der Waals surface area (Å²) in [6, 6.07) is 11.8. The van der Waals surface area contributed by atoms with E-state index in [2.05, 4.69) is 0 Å². The molecule has 6 nitrogen and oxygen atoms in total. The largest absolute Gasteiger partial charge is 0.482 e. The molecule has 0 unspecified atom stereocenters. The average molecular weight is 466 g/mol. The van der Waals surface area contributed by atoms with Crippen molar-refractivity contribution in [1.29, 1.82) is 0 Å². The molecule has 9 heteroatoms. The summed E-state index contributed by atoms with van der Waals surface area (Å²) >= 11 is 12.8. The second kappa shape index (κ2) is 10.0. The molecule has 0 aromatic heterocycles. The number of benzene rings is 2. The lowest BCUT2D eigenvalue weighted by Crippen LogP contribution is -2.27. The lowest BCUT2D eigenvalue weighted by atomic mass is 10.2. The van der Waals surface area contributed by atoms with Crippen LogP contribution in [0, 0.1) is 0 Å². The summed E-state index contributed by atoms with van der Waals surface area (Å²) in [4.78, 5) is 37.8. The van der Waals surface area contributed by atoms with Gasteiger partial charge in [0, 0.05) is 0 Å². The number of halogens is 2. The van der Waals surface area contributed by atoms with Crippen molar-refractivity contribution >= 4 is 58.2 Å². The molecule has 1 heterocycles. The monoisotopic (exact) mass is 465 g/mol. The smallest absolute Gasteiger partial charge is 0.344 e. The molecular formula is C21H17Cl2NO5S. The van der Waals surface area contributed by atoms with Crippen LogP contribution >= 0.6 is 35.0 Å². The van der Waals surface area contributed by atoms with Crippen LogP contribution < -0.4 is 4.74 Å². The van der Waals surface area contributed by atoms with Crippen LogP contribution in [0.1, 0.15) is 18.1 Å². The van der Waals surface area contributed by atoms with Crippen molar-refractivity contribution in [3.05, 3.63) is 68.5 Å². The number of nitrogens with zero attached hydrogens (tertiary/aromatic N) is 1. The molecule has 0 saturated carbocycles. The summed E-state index contributed by atoms with van der Waals surface area (Å²) in [6.07, 6.45) is 1.63. The van der Waals surface area contributed by atoms with Crippen LogP contribution in [0.5, 0.6) is 5.75 Å². The third kappa shape index (κ3) is 5.56. The van der Waals surface area contributed by atoms with Crippen LogP contribution in [-0.2, 0) is 20.9 Å². The summed E-state index contributed by atoms with van der Waals surface area (Å²) in [6.45, 7) is 1.94. The van der Waals surface area contributed by atoms with Crippen LogP contribution in [0.3, 0.4) is 0 Å². The number of ether oxygens (including phenoxy) is 2. The van der Waals surface area contributed by atoms with Gasteiger partial charge in [0.15, 0.2) is 6.61 Å². The minimum Gasteiger partial charge on any atom is -0.482 e. The van der Waals surface area contributed by atoms with E-state index in [1.807, 2.05) is 0 Å². The molecule has 0 N–H and O–H groups in total. The first-order chi connectivity index (χ1) is 14.4. The van der Waals surface area contributed by atoms with E-state index in [0.29, 0.717) is 32.9 Å². The van der Waals surface area contributed by atoms with Gasteiger partial charge in [0.25, 0.3) is 11.1 Å². The second-order valence-corrected chi connectivity index (χ2v) is 7.99. The van der Waals surface area contributed by atoms with Gasteiger partial charge in [-0.2, -0.15) is 0 Å². The van der Waals surface area contributed by atoms with Gasteiger partial charge < -0.3 is 9.47 Å². The SMILES string of the molecule is CCOC(=O)COc1ccc(/C=C2\SC(=O)N(Cc3ccc(Cl)c(Cl)c3)C2=O)cc1. The third-order valence-corrected chi connectivity index (χ3v) is 5.68. The Kier molecular flexibility index (Phi) is 7.42. The Bertz CT molecular complexity index is 1010. The maximum Gasteiger partial charge on any atom is 0.344 e. The minimum absolute atomic E-state index is 0.111. The zero-order chi connectivity index (χ0) is 21.7. The fraction of sp³-hybridized carbons (Fsp3) is 0.190.